The van der Waals surface area contributed by atoms with Gasteiger partial charge in [-0.15, -0.1) is 0 Å². The van der Waals surface area contributed by atoms with Gasteiger partial charge in [0.1, 0.15) is 5.54 Å². The molecule has 2 aromatic rings. The standard InChI is InChI=1S/C23H31N3O/c1-18-12-14-26(15-13-18)17-20-9-7-6-8-19(20)16-25-22(27)23(2,24)21-10-4-3-5-11-21/h3-11,18H,12-17,24H2,1-2H3,(H,25,27). The molecule has 1 fully saturated rings. The predicted octanol–water partition coefficient (Wildman–Crippen LogP) is 3.41. The van der Waals surface area contributed by atoms with Crippen LogP contribution in [0.5, 0.6) is 0 Å². The Kier molecular flexibility index (Phi) is 6.30. The first kappa shape index (κ1) is 19.6. The lowest BCUT2D eigenvalue weighted by atomic mass is 9.92. The molecule has 0 saturated carbocycles. The van der Waals surface area contributed by atoms with Gasteiger partial charge in [-0.3, -0.25) is 9.69 Å². The van der Waals surface area contributed by atoms with Crippen molar-refractivity contribution in [3.05, 3.63) is 71.3 Å². The normalized spacial score (nSPS) is 18.0. The lowest BCUT2D eigenvalue weighted by molar-refractivity contribution is -0.126. The first-order chi connectivity index (χ1) is 13.0. The Morgan fingerprint density at radius 1 is 1.07 bits per heavy atom. The molecule has 4 heteroatoms. The van der Waals surface area contributed by atoms with Crippen LogP contribution >= 0.6 is 0 Å². The second-order valence-corrected chi connectivity index (χ2v) is 7.98. The number of likely N-dealkylation sites (tertiary alicyclic amines) is 1. The van der Waals surface area contributed by atoms with E-state index in [1.54, 1.807) is 6.92 Å². The van der Waals surface area contributed by atoms with Crippen molar-refractivity contribution in [3.8, 4) is 0 Å². The number of hydrogen-bond donors (Lipinski definition) is 2. The maximum atomic E-state index is 12.7. The monoisotopic (exact) mass is 365 g/mol. The van der Waals surface area contributed by atoms with Crippen LogP contribution in [0, 0.1) is 5.92 Å². The van der Waals surface area contributed by atoms with Gasteiger partial charge in [-0.05, 0) is 55.5 Å². The van der Waals surface area contributed by atoms with Gasteiger partial charge in [0.25, 0.3) is 0 Å². The zero-order valence-electron chi connectivity index (χ0n) is 16.4. The van der Waals surface area contributed by atoms with Crippen LogP contribution in [0.1, 0.15) is 43.4 Å². The molecule has 1 atom stereocenters. The molecule has 1 aliphatic heterocycles. The second-order valence-electron chi connectivity index (χ2n) is 7.98. The molecular weight excluding hydrogens is 334 g/mol. The third-order valence-corrected chi connectivity index (χ3v) is 5.67. The third-order valence-electron chi connectivity index (χ3n) is 5.67. The van der Waals surface area contributed by atoms with Gasteiger partial charge in [-0.2, -0.15) is 0 Å². The Hall–Kier alpha value is -2.17. The molecule has 144 valence electrons. The fraction of sp³-hybridized carbons (Fsp3) is 0.435. The van der Waals surface area contributed by atoms with Crippen molar-refractivity contribution in [1.29, 1.82) is 0 Å². The highest BCUT2D eigenvalue weighted by Gasteiger charge is 2.30. The van der Waals surface area contributed by atoms with Gasteiger partial charge >= 0.3 is 0 Å². The van der Waals surface area contributed by atoms with Crippen LogP contribution in [0.25, 0.3) is 0 Å². The van der Waals surface area contributed by atoms with E-state index in [0.717, 1.165) is 36.7 Å². The smallest absolute Gasteiger partial charge is 0.244 e. The number of amides is 1. The second kappa shape index (κ2) is 8.68. The number of nitrogens with two attached hydrogens (primary N) is 1. The highest BCUT2D eigenvalue weighted by molar-refractivity contribution is 5.86. The molecule has 0 aliphatic carbocycles. The van der Waals surface area contributed by atoms with Gasteiger partial charge in [0.05, 0.1) is 0 Å². The highest BCUT2D eigenvalue weighted by atomic mass is 16.2. The largest absolute Gasteiger partial charge is 0.350 e. The van der Waals surface area contributed by atoms with E-state index in [0.29, 0.717) is 6.54 Å². The summed E-state index contributed by atoms with van der Waals surface area (Å²) in [5.74, 6) is 0.673. The highest BCUT2D eigenvalue weighted by Crippen LogP contribution is 2.21. The summed E-state index contributed by atoms with van der Waals surface area (Å²) in [6.07, 6.45) is 2.53. The number of hydrogen-bond acceptors (Lipinski definition) is 3. The lowest BCUT2D eigenvalue weighted by Gasteiger charge is -2.31. The van der Waals surface area contributed by atoms with Gasteiger partial charge in [0.15, 0.2) is 0 Å². The number of benzene rings is 2. The molecule has 4 nitrogen and oxygen atoms in total. The maximum Gasteiger partial charge on any atom is 0.244 e. The predicted molar refractivity (Wildman–Crippen MR) is 110 cm³/mol. The van der Waals surface area contributed by atoms with Gasteiger partial charge in [0, 0.05) is 13.1 Å². The average molecular weight is 366 g/mol. The zero-order chi connectivity index (χ0) is 19.3. The van der Waals surface area contributed by atoms with E-state index in [4.69, 9.17) is 5.73 Å². The topological polar surface area (TPSA) is 58.4 Å². The van der Waals surface area contributed by atoms with E-state index in [1.807, 2.05) is 36.4 Å². The summed E-state index contributed by atoms with van der Waals surface area (Å²) in [6, 6.07) is 17.9. The summed E-state index contributed by atoms with van der Waals surface area (Å²) in [4.78, 5) is 15.2. The van der Waals surface area contributed by atoms with Crippen molar-refractivity contribution < 1.29 is 4.79 Å². The van der Waals surface area contributed by atoms with E-state index in [-0.39, 0.29) is 5.91 Å². The van der Waals surface area contributed by atoms with Gasteiger partial charge in [-0.25, -0.2) is 0 Å². The fourth-order valence-corrected chi connectivity index (χ4v) is 3.62. The minimum atomic E-state index is -1.04. The number of rotatable bonds is 6. The Labute approximate surface area is 162 Å². The molecule has 0 bridgehead atoms. The van der Waals surface area contributed by atoms with Crippen LogP contribution < -0.4 is 11.1 Å². The zero-order valence-corrected chi connectivity index (χ0v) is 16.4. The number of carbonyl (C=O) groups is 1. The molecule has 3 N–H and O–H groups in total. The van der Waals surface area contributed by atoms with Crippen LogP contribution in [0.2, 0.25) is 0 Å². The summed E-state index contributed by atoms with van der Waals surface area (Å²) >= 11 is 0. The summed E-state index contributed by atoms with van der Waals surface area (Å²) in [7, 11) is 0. The van der Waals surface area contributed by atoms with E-state index in [1.165, 1.54) is 18.4 Å². The molecule has 27 heavy (non-hydrogen) atoms. The van der Waals surface area contributed by atoms with Crippen molar-refractivity contribution >= 4 is 5.91 Å². The Balaban J connectivity index is 1.63. The minimum Gasteiger partial charge on any atom is -0.350 e. The third kappa shape index (κ3) is 4.96. The molecule has 3 rings (SSSR count). The number of carbonyl (C=O) groups excluding carboxylic acids is 1. The summed E-state index contributed by atoms with van der Waals surface area (Å²) < 4.78 is 0. The molecule has 1 saturated heterocycles. The molecule has 1 unspecified atom stereocenters. The minimum absolute atomic E-state index is 0.157. The van der Waals surface area contributed by atoms with Crippen molar-refractivity contribution in [3.63, 3.8) is 0 Å². The van der Waals surface area contributed by atoms with E-state index >= 15 is 0 Å². The maximum absolute atomic E-state index is 12.7. The summed E-state index contributed by atoms with van der Waals surface area (Å²) in [5, 5.41) is 3.04. The lowest BCUT2D eigenvalue weighted by Crippen LogP contribution is -2.48. The van der Waals surface area contributed by atoms with E-state index in [2.05, 4.69) is 35.3 Å². The molecule has 1 amide bonds. The Bertz CT molecular complexity index is 749. The van der Waals surface area contributed by atoms with E-state index in [9.17, 15) is 4.79 Å². The summed E-state index contributed by atoms with van der Waals surface area (Å²) in [5.41, 5.74) is 8.54. The first-order valence-corrected chi connectivity index (χ1v) is 9.88. The number of nitrogens with zero attached hydrogens (tertiary/aromatic N) is 1. The van der Waals surface area contributed by atoms with Gasteiger partial charge in [0.2, 0.25) is 5.91 Å². The Morgan fingerprint density at radius 3 is 2.33 bits per heavy atom. The fourth-order valence-electron chi connectivity index (χ4n) is 3.62. The molecule has 1 heterocycles. The van der Waals surface area contributed by atoms with Gasteiger partial charge < -0.3 is 11.1 Å². The van der Waals surface area contributed by atoms with Crippen molar-refractivity contribution in [2.45, 2.75) is 45.3 Å². The quantitative estimate of drug-likeness (QED) is 0.825. The SMILES string of the molecule is CC1CCN(Cc2ccccc2CNC(=O)C(C)(N)c2ccccc2)CC1. The van der Waals surface area contributed by atoms with Crippen molar-refractivity contribution in [1.82, 2.24) is 10.2 Å². The molecule has 0 radical (unpaired) electrons. The molecule has 0 spiro atoms. The van der Waals surface area contributed by atoms with Crippen LogP contribution in [-0.2, 0) is 23.4 Å². The van der Waals surface area contributed by atoms with Crippen molar-refractivity contribution in [2.75, 3.05) is 13.1 Å². The van der Waals surface area contributed by atoms with Crippen molar-refractivity contribution in [2.24, 2.45) is 11.7 Å². The molecular formula is C23H31N3O. The van der Waals surface area contributed by atoms with Crippen LogP contribution in [-0.4, -0.2) is 23.9 Å². The number of nitrogens with one attached hydrogen (secondary N) is 1. The van der Waals surface area contributed by atoms with E-state index < -0.39 is 5.54 Å². The molecule has 1 aliphatic rings. The molecule has 2 aromatic carbocycles. The number of piperidine rings is 1. The van der Waals surface area contributed by atoms with Crippen LogP contribution in [0.15, 0.2) is 54.6 Å². The summed E-state index contributed by atoms with van der Waals surface area (Å²) in [6.45, 7) is 7.83. The average Bonchev–Trinajstić information content (AvgIpc) is 2.69. The van der Waals surface area contributed by atoms with Crippen LogP contribution in [0.3, 0.4) is 0 Å². The molecule has 0 aromatic heterocycles. The first-order valence-electron chi connectivity index (χ1n) is 9.88. The Morgan fingerprint density at radius 2 is 1.67 bits per heavy atom. The van der Waals surface area contributed by atoms with Crippen LogP contribution in [0.4, 0.5) is 0 Å². The van der Waals surface area contributed by atoms with Gasteiger partial charge in [-0.1, -0.05) is 61.5 Å².